The highest BCUT2D eigenvalue weighted by Crippen LogP contribution is 2.26. The number of rotatable bonds is 2. The number of benzene rings is 1. The molecule has 1 saturated heterocycles. The van der Waals surface area contributed by atoms with Gasteiger partial charge in [-0.1, -0.05) is 6.07 Å². The highest BCUT2D eigenvalue weighted by Gasteiger charge is 2.29. The predicted molar refractivity (Wildman–Crippen MR) is 68.2 cm³/mol. The summed E-state index contributed by atoms with van der Waals surface area (Å²) in [5.74, 6) is -0.197. The molecule has 0 N–H and O–H groups in total. The Morgan fingerprint density at radius 1 is 1.50 bits per heavy atom. The molecule has 1 heterocycles. The zero-order chi connectivity index (χ0) is 13.0. The van der Waals surface area contributed by atoms with E-state index in [0.29, 0.717) is 5.56 Å². The second-order valence-electron chi connectivity index (χ2n) is 4.39. The molecule has 1 aliphatic heterocycles. The number of hydrogen-bond donors (Lipinski definition) is 0. The minimum Gasteiger partial charge on any atom is -0.467 e. The number of carbonyl (C=O) groups is 1. The summed E-state index contributed by atoms with van der Waals surface area (Å²) in [6.45, 7) is 0.828. The Morgan fingerprint density at radius 3 is 3.06 bits per heavy atom. The van der Waals surface area contributed by atoms with Crippen LogP contribution >= 0.6 is 0 Å². The molecule has 1 aliphatic rings. The number of methoxy groups -OCH3 is 1. The van der Waals surface area contributed by atoms with Crippen LogP contribution in [0.5, 0.6) is 0 Å². The summed E-state index contributed by atoms with van der Waals surface area (Å²) in [5.41, 5.74) is 1.53. The van der Waals surface area contributed by atoms with Crippen molar-refractivity contribution in [1.82, 2.24) is 0 Å². The molecule has 1 aromatic rings. The van der Waals surface area contributed by atoms with Crippen molar-refractivity contribution in [3.8, 4) is 6.07 Å². The van der Waals surface area contributed by atoms with Gasteiger partial charge in [-0.3, -0.25) is 0 Å². The molecular weight excluding hydrogens is 228 g/mol. The first-order chi connectivity index (χ1) is 8.76. The lowest BCUT2D eigenvalue weighted by molar-refractivity contribution is -0.142. The molecule has 0 radical (unpaired) electrons. The van der Waals surface area contributed by atoms with Gasteiger partial charge in [0.05, 0.1) is 18.7 Å². The van der Waals surface area contributed by atoms with Crippen molar-refractivity contribution in [1.29, 1.82) is 5.26 Å². The van der Waals surface area contributed by atoms with Crippen molar-refractivity contribution in [2.24, 2.45) is 0 Å². The van der Waals surface area contributed by atoms with Crippen molar-refractivity contribution < 1.29 is 9.53 Å². The first-order valence-electron chi connectivity index (χ1n) is 6.11. The van der Waals surface area contributed by atoms with Crippen LogP contribution in [0.1, 0.15) is 24.8 Å². The molecule has 4 nitrogen and oxygen atoms in total. The number of ether oxygens (including phenoxy) is 1. The Labute approximate surface area is 107 Å². The number of esters is 1. The molecule has 0 spiro atoms. The summed E-state index contributed by atoms with van der Waals surface area (Å²) >= 11 is 0. The van der Waals surface area contributed by atoms with Gasteiger partial charge in [-0.15, -0.1) is 0 Å². The monoisotopic (exact) mass is 244 g/mol. The number of nitriles is 1. The van der Waals surface area contributed by atoms with E-state index >= 15 is 0 Å². The number of piperidine rings is 1. The highest BCUT2D eigenvalue weighted by atomic mass is 16.5. The molecular formula is C14H16N2O2. The zero-order valence-electron chi connectivity index (χ0n) is 10.4. The maximum atomic E-state index is 11.8. The Morgan fingerprint density at radius 2 is 2.33 bits per heavy atom. The van der Waals surface area contributed by atoms with Crippen LogP contribution in [0, 0.1) is 11.3 Å². The van der Waals surface area contributed by atoms with Gasteiger partial charge in [0.1, 0.15) is 6.04 Å². The predicted octanol–water partition coefficient (Wildman–Crippen LogP) is 2.09. The molecule has 0 aromatic heterocycles. The summed E-state index contributed by atoms with van der Waals surface area (Å²) in [6, 6.07) is 9.26. The van der Waals surface area contributed by atoms with E-state index in [1.165, 1.54) is 7.11 Å². The molecule has 4 heteroatoms. The number of carbonyl (C=O) groups excluding carboxylic acids is 1. The second-order valence-corrected chi connectivity index (χ2v) is 4.39. The molecule has 0 aliphatic carbocycles. The normalized spacial score (nSPS) is 19.1. The van der Waals surface area contributed by atoms with E-state index in [1.807, 2.05) is 23.1 Å². The fraction of sp³-hybridized carbons (Fsp3) is 0.429. The van der Waals surface area contributed by atoms with Gasteiger partial charge in [-0.2, -0.15) is 5.26 Å². The molecule has 1 unspecified atom stereocenters. The van der Waals surface area contributed by atoms with Gasteiger partial charge in [-0.05, 0) is 37.5 Å². The topological polar surface area (TPSA) is 53.3 Å². The third-order valence-electron chi connectivity index (χ3n) is 3.28. The third kappa shape index (κ3) is 2.45. The average molecular weight is 244 g/mol. The van der Waals surface area contributed by atoms with Crippen LogP contribution in [0.2, 0.25) is 0 Å². The standard InChI is InChI=1S/C14H16N2O2/c1-18-14(17)13-7-2-3-8-16(13)12-6-4-5-11(9-12)10-15/h4-6,9,13H,2-3,7-8H2,1H3. The van der Waals surface area contributed by atoms with Crippen LogP contribution in [0.4, 0.5) is 5.69 Å². The molecule has 94 valence electrons. The van der Waals surface area contributed by atoms with Gasteiger partial charge >= 0.3 is 5.97 Å². The largest absolute Gasteiger partial charge is 0.467 e. The lowest BCUT2D eigenvalue weighted by atomic mass is 10.0. The van der Waals surface area contributed by atoms with Crippen LogP contribution in [0.25, 0.3) is 0 Å². The summed E-state index contributed by atoms with van der Waals surface area (Å²) in [5, 5.41) is 8.92. The van der Waals surface area contributed by atoms with Gasteiger partial charge in [0.25, 0.3) is 0 Å². The first kappa shape index (κ1) is 12.4. The van der Waals surface area contributed by atoms with Crippen molar-refractivity contribution in [3.63, 3.8) is 0 Å². The molecule has 1 aromatic carbocycles. The summed E-state index contributed by atoms with van der Waals surface area (Å²) in [6.07, 6.45) is 2.90. The molecule has 2 rings (SSSR count). The minimum atomic E-state index is -0.224. The number of anilines is 1. The lowest BCUT2D eigenvalue weighted by Gasteiger charge is -2.35. The van der Waals surface area contributed by atoms with Gasteiger partial charge < -0.3 is 9.64 Å². The first-order valence-corrected chi connectivity index (χ1v) is 6.11. The van der Waals surface area contributed by atoms with Crippen molar-refractivity contribution >= 4 is 11.7 Å². The average Bonchev–Trinajstić information content (AvgIpc) is 2.46. The molecule has 1 fully saturated rings. The van der Waals surface area contributed by atoms with Gasteiger partial charge in [0.2, 0.25) is 0 Å². The van der Waals surface area contributed by atoms with Crippen molar-refractivity contribution in [3.05, 3.63) is 29.8 Å². The molecule has 18 heavy (non-hydrogen) atoms. The van der Waals surface area contributed by atoms with Crippen LogP contribution in [-0.4, -0.2) is 25.7 Å². The molecule has 1 atom stereocenters. The van der Waals surface area contributed by atoms with Crippen molar-refractivity contribution in [2.75, 3.05) is 18.6 Å². The quantitative estimate of drug-likeness (QED) is 0.747. The van der Waals surface area contributed by atoms with E-state index in [1.54, 1.807) is 6.07 Å². The zero-order valence-corrected chi connectivity index (χ0v) is 10.4. The van der Waals surface area contributed by atoms with Gasteiger partial charge in [-0.25, -0.2) is 4.79 Å². The van der Waals surface area contributed by atoms with E-state index in [4.69, 9.17) is 10.00 Å². The SMILES string of the molecule is COC(=O)C1CCCCN1c1cccc(C#N)c1. The van der Waals surface area contributed by atoms with Gasteiger partial charge in [0.15, 0.2) is 0 Å². The Hall–Kier alpha value is -2.02. The van der Waals surface area contributed by atoms with Crippen LogP contribution in [0.3, 0.4) is 0 Å². The fourth-order valence-electron chi connectivity index (χ4n) is 2.38. The summed E-state index contributed by atoms with van der Waals surface area (Å²) < 4.78 is 4.85. The highest BCUT2D eigenvalue weighted by molar-refractivity contribution is 5.80. The number of hydrogen-bond acceptors (Lipinski definition) is 4. The van der Waals surface area contributed by atoms with E-state index in [9.17, 15) is 4.79 Å². The Balaban J connectivity index is 2.28. The summed E-state index contributed by atoms with van der Waals surface area (Å²) in [4.78, 5) is 13.8. The Kier molecular flexibility index (Phi) is 3.83. The minimum absolute atomic E-state index is 0.197. The maximum absolute atomic E-state index is 11.8. The Bertz CT molecular complexity index is 479. The molecule has 0 amide bonds. The van der Waals surface area contributed by atoms with Crippen molar-refractivity contribution in [2.45, 2.75) is 25.3 Å². The van der Waals surface area contributed by atoms with Crippen LogP contribution < -0.4 is 4.90 Å². The molecule has 0 bridgehead atoms. The van der Waals surface area contributed by atoms with Crippen LogP contribution in [-0.2, 0) is 9.53 Å². The second kappa shape index (κ2) is 5.54. The van der Waals surface area contributed by atoms with E-state index < -0.39 is 0 Å². The van der Waals surface area contributed by atoms with E-state index in [2.05, 4.69) is 6.07 Å². The van der Waals surface area contributed by atoms with Crippen LogP contribution in [0.15, 0.2) is 24.3 Å². The van der Waals surface area contributed by atoms with E-state index in [0.717, 1.165) is 31.5 Å². The summed E-state index contributed by atoms with van der Waals surface area (Å²) in [7, 11) is 1.42. The lowest BCUT2D eigenvalue weighted by Crippen LogP contribution is -2.45. The molecule has 0 saturated carbocycles. The van der Waals surface area contributed by atoms with E-state index in [-0.39, 0.29) is 12.0 Å². The third-order valence-corrected chi connectivity index (χ3v) is 3.28. The smallest absolute Gasteiger partial charge is 0.328 e. The van der Waals surface area contributed by atoms with Gasteiger partial charge in [0, 0.05) is 12.2 Å². The number of nitrogens with zero attached hydrogens (tertiary/aromatic N) is 2. The fourth-order valence-corrected chi connectivity index (χ4v) is 2.38. The maximum Gasteiger partial charge on any atom is 0.328 e.